The van der Waals surface area contributed by atoms with Crippen LogP contribution in [-0.2, 0) is 6.18 Å². The van der Waals surface area contributed by atoms with Crippen molar-refractivity contribution in [1.82, 2.24) is 14.7 Å². The van der Waals surface area contributed by atoms with Gasteiger partial charge in [-0.05, 0) is 13.0 Å². The highest BCUT2D eigenvalue weighted by Gasteiger charge is 2.36. The van der Waals surface area contributed by atoms with E-state index in [1.54, 1.807) is 0 Å². The first-order chi connectivity index (χ1) is 7.89. The van der Waals surface area contributed by atoms with Crippen LogP contribution in [0.3, 0.4) is 0 Å². The lowest BCUT2D eigenvalue weighted by Crippen LogP contribution is -2.24. The van der Waals surface area contributed by atoms with E-state index >= 15 is 0 Å². The number of nitrogens with zero attached hydrogens (tertiary/aromatic N) is 2. The molecular formula is C9H14F3N3OS. The second-order valence-electron chi connectivity index (χ2n) is 3.69. The summed E-state index contributed by atoms with van der Waals surface area (Å²) in [6.45, 7) is 5.11. The predicted octanol–water partition coefficient (Wildman–Crippen LogP) is 2.32. The Bertz CT molecular complexity index is 340. The molecule has 0 atom stereocenters. The van der Waals surface area contributed by atoms with Gasteiger partial charge in [-0.3, -0.25) is 0 Å². The van der Waals surface area contributed by atoms with Gasteiger partial charge in [0.2, 0.25) is 0 Å². The molecule has 0 radical (unpaired) electrons. The zero-order valence-corrected chi connectivity index (χ0v) is 10.4. The molecule has 0 bridgehead atoms. The molecule has 0 amide bonds. The molecular weight excluding hydrogens is 255 g/mol. The molecule has 1 aromatic heterocycles. The van der Waals surface area contributed by atoms with Crippen molar-refractivity contribution in [1.29, 1.82) is 0 Å². The summed E-state index contributed by atoms with van der Waals surface area (Å²) < 4.78 is 44.7. The van der Waals surface area contributed by atoms with Crippen molar-refractivity contribution >= 4 is 11.5 Å². The third-order valence-electron chi connectivity index (χ3n) is 1.76. The van der Waals surface area contributed by atoms with Gasteiger partial charge in [0.05, 0.1) is 6.61 Å². The Morgan fingerprint density at radius 3 is 2.65 bits per heavy atom. The fraction of sp³-hybridized carbons (Fsp3) is 0.778. The van der Waals surface area contributed by atoms with Gasteiger partial charge >= 0.3 is 6.18 Å². The van der Waals surface area contributed by atoms with Crippen LogP contribution in [0.25, 0.3) is 0 Å². The third kappa shape index (κ3) is 5.31. The Balaban J connectivity index is 2.26. The van der Waals surface area contributed by atoms with Crippen molar-refractivity contribution in [3.05, 3.63) is 5.82 Å². The van der Waals surface area contributed by atoms with Gasteiger partial charge in [0.1, 0.15) is 0 Å². The topological polar surface area (TPSA) is 47.0 Å². The van der Waals surface area contributed by atoms with Crippen molar-refractivity contribution in [2.75, 3.05) is 13.2 Å². The van der Waals surface area contributed by atoms with Gasteiger partial charge in [-0.15, -0.1) is 0 Å². The summed E-state index contributed by atoms with van der Waals surface area (Å²) in [5.74, 6) is -1.14. The molecule has 0 aliphatic heterocycles. The molecule has 0 unspecified atom stereocenters. The molecule has 0 saturated heterocycles. The van der Waals surface area contributed by atoms with Crippen molar-refractivity contribution in [2.24, 2.45) is 0 Å². The fourth-order valence-electron chi connectivity index (χ4n) is 1.01. The van der Waals surface area contributed by atoms with Crippen molar-refractivity contribution in [3.8, 4) is 5.19 Å². The molecule has 0 aromatic carbocycles. The number of nitrogens with one attached hydrogen (secondary N) is 1. The zero-order chi connectivity index (χ0) is 12.9. The molecule has 0 aliphatic carbocycles. The second kappa shape index (κ2) is 6.15. The molecule has 1 N–H and O–H groups in total. The smallest absolute Gasteiger partial charge is 0.452 e. The Kier molecular flexibility index (Phi) is 5.13. The van der Waals surface area contributed by atoms with E-state index < -0.39 is 12.0 Å². The summed E-state index contributed by atoms with van der Waals surface area (Å²) in [5.41, 5.74) is 0. The molecule has 0 fully saturated rings. The van der Waals surface area contributed by atoms with E-state index in [1.165, 1.54) is 0 Å². The lowest BCUT2D eigenvalue weighted by molar-refractivity contribution is -0.144. The maximum Gasteiger partial charge on any atom is 0.452 e. The highest BCUT2D eigenvalue weighted by Crippen LogP contribution is 2.29. The first-order valence-corrected chi connectivity index (χ1v) is 5.94. The van der Waals surface area contributed by atoms with E-state index in [0.717, 1.165) is 6.54 Å². The Morgan fingerprint density at radius 1 is 1.41 bits per heavy atom. The highest BCUT2D eigenvalue weighted by atomic mass is 32.1. The number of rotatable bonds is 6. The Morgan fingerprint density at radius 2 is 2.12 bits per heavy atom. The van der Waals surface area contributed by atoms with Crippen LogP contribution in [0.4, 0.5) is 13.2 Å². The lowest BCUT2D eigenvalue weighted by atomic mass is 10.3. The molecule has 1 aromatic rings. The van der Waals surface area contributed by atoms with Gasteiger partial charge in [0.15, 0.2) is 0 Å². The van der Waals surface area contributed by atoms with Gasteiger partial charge in [-0.25, -0.2) is 0 Å². The van der Waals surface area contributed by atoms with Gasteiger partial charge in [-0.1, -0.05) is 13.8 Å². The summed E-state index contributed by atoms with van der Waals surface area (Å²) in [7, 11) is 0. The van der Waals surface area contributed by atoms with E-state index in [2.05, 4.69) is 14.7 Å². The summed E-state index contributed by atoms with van der Waals surface area (Å²) in [4.78, 5) is 3.25. The quantitative estimate of drug-likeness (QED) is 0.805. The number of ether oxygens (including phenoxy) is 1. The maximum absolute atomic E-state index is 12.1. The van der Waals surface area contributed by atoms with Crippen LogP contribution in [0.2, 0.25) is 0 Å². The van der Waals surface area contributed by atoms with Crippen molar-refractivity contribution in [2.45, 2.75) is 32.5 Å². The summed E-state index contributed by atoms with van der Waals surface area (Å²) in [6.07, 6.45) is -3.80. The van der Waals surface area contributed by atoms with E-state index in [4.69, 9.17) is 4.74 Å². The van der Waals surface area contributed by atoms with Crippen LogP contribution in [0.5, 0.6) is 5.19 Å². The van der Waals surface area contributed by atoms with Crippen LogP contribution in [0.15, 0.2) is 0 Å². The molecule has 4 nitrogen and oxygen atoms in total. The van der Waals surface area contributed by atoms with Crippen molar-refractivity contribution < 1.29 is 17.9 Å². The average Bonchev–Trinajstić information content (AvgIpc) is 2.64. The van der Waals surface area contributed by atoms with Crippen LogP contribution < -0.4 is 10.1 Å². The fourth-order valence-corrected chi connectivity index (χ4v) is 1.58. The highest BCUT2D eigenvalue weighted by molar-refractivity contribution is 7.07. The Labute approximate surface area is 101 Å². The summed E-state index contributed by atoms with van der Waals surface area (Å²) >= 11 is 0.617. The van der Waals surface area contributed by atoms with E-state index in [9.17, 15) is 13.2 Å². The minimum atomic E-state index is -4.50. The Hall–Kier alpha value is -0.890. The van der Waals surface area contributed by atoms with Crippen molar-refractivity contribution in [3.63, 3.8) is 0 Å². The van der Waals surface area contributed by atoms with E-state index in [0.29, 0.717) is 30.6 Å². The largest absolute Gasteiger partial charge is 0.469 e. The number of aromatic nitrogens is 2. The zero-order valence-electron chi connectivity index (χ0n) is 9.54. The van der Waals surface area contributed by atoms with Gasteiger partial charge in [0.25, 0.3) is 11.0 Å². The number of alkyl halides is 3. The van der Waals surface area contributed by atoms with E-state index in [1.807, 2.05) is 13.8 Å². The molecule has 0 spiro atoms. The van der Waals surface area contributed by atoms with Gasteiger partial charge in [0, 0.05) is 17.6 Å². The number of hydrogen-bond donors (Lipinski definition) is 1. The molecule has 17 heavy (non-hydrogen) atoms. The standard InChI is InChI=1S/C9H14F3N3OS/c1-6(2)13-4-3-5-16-8-14-7(15-17-8)9(10,11)12/h6,13H,3-5H2,1-2H3. The third-order valence-corrected chi connectivity index (χ3v) is 2.39. The predicted molar refractivity (Wildman–Crippen MR) is 58.2 cm³/mol. The van der Waals surface area contributed by atoms with Crippen LogP contribution >= 0.6 is 11.5 Å². The normalized spacial score (nSPS) is 12.1. The molecule has 0 saturated carbocycles. The van der Waals surface area contributed by atoms with E-state index in [-0.39, 0.29) is 5.19 Å². The molecule has 98 valence electrons. The maximum atomic E-state index is 12.1. The summed E-state index contributed by atoms with van der Waals surface area (Å²) in [5, 5.41) is 3.13. The molecule has 0 aliphatic rings. The number of hydrogen-bond acceptors (Lipinski definition) is 5. The SMILES string of the molecule is CC(C)NCCCOc1nc(C(F)(F)F)ns1. The monoisotopic (exact) mass is 269 g/mol. The first-order valence-electron chi connectivity index (χ1n) is 5.16. The minimum Gasteiger partial charge on any atom is -0.469 e. The molecule has 8 heteroatoms. The van der Waals surface area contributed by atoms with Gasteiger partial charge < -0.3 is 10.1 Å². The summed E-state index contributed by atoms with van der Waals surface area (Å²) in [6, 6.07) is 0.383. The number of halogens is 3. The average molecular weight is 269 g/mol. The van der Waals surface area contributed by atoms with Crippen LogP contribution in [-0.4, -0.2) is 28.6 Å². The second-order valence-corrected chi connectivity index (χ2v) is 4.41. The van der Waals surface area contributed by atoms with Crippen LogP contribution in [0.1, 0.15) is 26.1 Å². The first kappa shape index (κ1) is 14.2. The van der Waals surface area contributed by atoms with Crippen LogP contribution in [0, 0.1) is 0 Å². The van der Waals surface area contributed by atoms with Gasteiger partial charge in [-0.2, -0.15) is 22.5 Å². The molecule has 1 heterocycles. The molecule has 1 rings (SSSR count). The minimum absolute atomic E-state index is 0.0399. The lowest BCUT2D eigenvalue weighted by Gasteiger charge is -2.07.